The van der Waals surface area contributed by atoms with E-state index >= 15 is 0 Å². The zero-order chi connectivity index (χ0) is 13.3. The Hall–Kier alpha value is -1.60. The van der Waals surface area contributed by atoms with E-state index in [1.165, 1.54) is 23.0 Å². The molecule has 8 heteroatoms. The molecule has 1 heterocycles. The molecule has 0 amide bonds. The molecular formula is C10H9ClFN3O2S. The van der Waals surface area contributed by atoms with Gasteiger partial charge in [-0.2, -0.15) is 8.42 Å². The molecule has 0 bridgehead atoms. The number of aromatic nitrogens is 2. The second-order valence-corrected chi connectivity index (χ2v) is 5.52. The topological polar surface area (TPSA) is 64.0 Å². The Balaban J connectivity index is 2.33. The standard InChI is InChI=1S/C10H9ClFN3O2S/c1-15-6-13-10(9(15)11)18(16,17)14-8-4-2-7(12)3-5-8/h2-6,14H,1H3. The van der Waals surface area contributed by atoms with Crippen molar-refractivity contribution in [1.82, 2.24) is 9.55 Å². The molecule has 18 heavy (non-hydrogen) atoms. The SMILES string of the molecule is Cn1cnc(S(=O)(=O)Nc2ccc(F)cc2)c1Cl. The van der Waals surface area contributed by atoms with E-state index in [1.54, 1.807) is 7.05 Å². The number of benzene rings is 1. The largest absolute Gasteiger partial charge is 0.324 e. The van der Waals surface area contributed by atoms with Gasteiger partial charge in [0.25, 0.3) is 10.0 Å². The molecule has 0 atom stereocenters. The Kier molecular flexibility index (Phi) is 3.27. The summed E-state index contributed by atoms with van der Waals surface area (Å²) in [7, 11) is -2.30. The molecular weight excluding hydrogens is 281 g/mol. The van der Waals surface area contributed by atoms with Gasteiger partial charge < -0.3 is 4.57 Å². The number of hydrogen-bond donors (Lipinski definition) is 1. The first-order valence-corrected chi connectivity index (χ1v) is 6.71. The Morgan fingerprint density at radius 3 is 2.44 bits per heavy atom. The second kappa shape index (κ2) is 4.58. The number of imidazole rings is 1. The van der Waals surface area contributed by atoms with Crippen molar-refractivity contribution in [1.29, 1.82) is 0 Å². The molecule has 0 aliphatic heterocycles. The van der Waals surface area contributed by atoms with E-state index in [4.69, 9.17) is 11.6 Å². The molecule has 0 saturated carbocycles. The average Bonchev–Trinajstić information content (AvgIpc) is 2.63. The van der Waals surface area contributed by atoms with Crippen LogP contribution < -0.4 is 4.72 Å². The predicted octanol–water partition coefficient (Wildman–Crippen LogP) is 2.01. The summed E-state index contributed by atoms with van der Waals surface area (Å²) in [4.78, 5) is 3.71. The van der Waals surface area contributed by atoms with E-state index < -0.39 is 15.8 Å². The van der Waals surface area contributed by atoms with Crippen LogP contribution in [0.3, 0.4) is 0 Å². The van der Waals surface area contributed by atoms with Crippen molar-refractivity contribution in [3.05, 3.63) is 41.6 Å². The van der Waals surface area contributed by atoms with Gasteiger partial charge in [-0.3, -0.25) is 4.72 Å². The van der Waals surface area contributed by atoms with Crippen LogP contribution in [-0.2, 0) is 17.1 Å². The molecule has 96 valence electrons. The molecule has 0 unspecified atom stereocenters. The maximum absolute atomic E-state index is 12.7. The van der Waals surface area contributed by atoms with Crippen molar-refractivity contribution in [2.45, 2.75) is 5.03 Å². The molecule has 0 saturated heterocycles. The van der Waals surface area contributed by atoms with E-state index in [-0.39, 0.29) is 15.9 Å². The third-order valence-electron chi connectivity index (χ3n) is 2.19. The van der Waals surface area contributed by atoms with Crippen molar-refractivity contribution >= 4 is 27.3 Å². The summed E-state index contributed by atoms with van der Waals surface area (Å²) in [6, 6.07) is 4.92. The first-order chi connectivity index (χ1) is 8.40. The molecule has 5 nitrogen and oxygen atoms in total. The molecule has 1 N–H and O–H groups in total. The minimum Gasteiger partial charge on any atom is -0.324 e. The van der Waals surface area contributed by atoms with Crippen LogP contribution in [0.1, 0.15) is 0 Å². The van der Waals surface area contributed by atoms with Gasteiger partial charge in [0.05, 0.1) is 6.33 Å². The van der Waals surface area contributed by atoms with E-state index in [9.17, 15) is 12.8 Å². The number of aryl methyl sites for hydroxylation is 1. The lowest BCUT2D eigenvalue weighted by atomic mass is 10.3. The zero-order valence-electron chi connectivity index (χ0n) is 9.26. The number of hydrogen-bond acceptors (Lipinski definition) is 3. The fourth-order valence-corrected chi connectivity index (χ4v) is 2.79. The third kappa shape index (κ3) is 2.46. The Morgan fingerprint density at radius 1 is 1.33 bits per heavy atom. The normalized spacial score (nSPS) is 11.5. The highest BCUT2D eigenvalue weighted by molar-refractivity contribution is 7.92. The number of sulfonamides is 1. The fraction of sp³-hybridized carbons (Fsp3) is 0.100. The van der Waals surface area contributed by atoms with Gasteiger partial charge >= 0.3 is 0 Å². The summed E-state index contributed by atoms with van der Waals surface area (Å²) in [5, 5.41) is -0.263. The van der Waals surface area contributed by atoms with Crippen molar-refractivity contribution in [3.63, 3.8) is 0 Å². The van der Waals surface area contributed by atoms with Crippen LogP contribution in [0, 0.1) is 5.82 Å². The summed E-state index contributed by atoms with van der Waals surface area (Å²) in [5.74, 6) is -0.450. The van der Waals surface area contributed by atoms with E-state index in [0.717, 1.165) is 12.1 Å². The van der Waals surface area contributed by atoms with Crippen LogP contribution in [0.5, 0.6) is 0 Å². The van der Waals surface area contributed by atoms with Crippen LogP contribution in [0.25, 0.3) is 0 Å². The van der Waals surface area contributed by atoms with Crippen LogP contribution >= 0.6 is 11.6 Å². The Morgan fingerprint density at radius 2 is 1.94 bits per heavy atom. The summed E-state index contributed by atoms with van der Waals surface area (Å²) in [6.45, 7) is 0. The maximum Gasteiger partial charge on any atom is 0.282 e. The number of halogens is 2. The lowest BCUT2D eigenvalue weighted by Crippen LogP contribution is -2.14. The minimum absolute atomic E-state index is 0.00427. The van der Waals surface area contributed by atoms with Crippen molar-refractivity contribution in [2.24, 2.45) is 7.05 Å². The van der Waals surface area contributed by atoms with E-state index in [1.807, 2.05) is 0 Å². The highest BCUT2D eigenvalue weighted by atomic mass is 35.5. The molecule has 0 radical (unpaired) electrons. The zero-order valence-corrected chi connectivity index (χ0v) is 10.8. The average molecular weight is 290 g/mol. The Bertz CT molecular complexity index is 667. The lowest BCUT2D eigenvalue weighted by molar-refractivity contribution is 0.598. The first-order valence-electron chi connectivity index (χ1n) is 4.85. The highest BCUT2D eigenvalue weighted by Crippen LogP contribution is 2.21. The molecule has 0 aliphatic carbocycles. The van der Waals surface area contributed by atoms with Crippen LogP contribution in [-0.4, -0.2) is 18.0 Å². The molecule has 2 rings (SSSR count). The van der Waals surface area contributed by atoms with Gasteiger partial charge in [0.2, 0.25) is 5.03 Å². The summed E-state index contributed by atoms with van der Waals surface area (Å²) in [6.07, 6.45) is 1.29. The van der Waals surface area contributed by atoms with Crippen molar-refractivity contribution in [2.75, 3.05) is 4.72 Å². The van der Waals surface area contributed by atoms with Crippen LogP contribution in [0.15, 0.2) is 35.6 Å². The van der Waals surface area contributed by atoms with E-state index in [0.29, 0.717) is 0 Å². The smallest absolute Gasteiger partial charge is 0.282 e. The number of nitrogens with zero attached hydrogens (tertiary/aromatic N) is 2. The lowest BCUT2D eigenvalue weighted by Gasteiger charge is -2.06. The maximum atomic E-state index is 12.7. The molecule has 1 aromatic carbocycles. The van der Waals surface area contributed by atoms with Gasteiger partial charge in [0, 0.05) is 12.7 Å². The molecule has 0 aliphatic rings. The summed E-state index contributed by atoms with van der Waals surface area (Å²) in [5.41, 5.74) is 0.234. The highest BCUT2D eigenvalue weighted by Gasteiger charge is 2.22. The van der Waals surface area contributed by atoms with Gasteiger partial charge in [-0.1, -0.05) is 11.6 Å². The Labute approximate surface area is 108 Å². The van der Waals surface area contributed by atoms with Gasteiger partial charge in [0.15, 0.2) is 0 Å². The predicted molar refractivity (Wildman–Crippen MR) is 65.4 cm³/mol. The number of rotatable bonds is 3. The van der Waals surface area contributed by atoms with Gasteiger partial charge in [-0.15, -0.1) is 0 Å². The fourth-order valence-electron chi connectivity index (χ4n) is 1.30. The second-order valence-electron chi connectivity index (χ2n) is 3.56. The van der Waals surface area contributed by atoms with Gasteiger partial charge in [-0.05, 0) is 24.3 Å². The van der Waals surface area contributed by atoms with Gasteiger partial charge in [-0.25, -0.2) is 9.37 Å². The van der Waals surface area contributed by atoms with Crippen LogP contribution in [0.4, 0.5) is 10.1 Å². The molecule has 1 aromatic heterocycles. The molecule has 2 aromatic rings. The van der Waals surface area contributed by atoms with Crippen LogP contribution in [0.2, 0.25) is 5.15 Å². The monoisotopic (exact) mass is 289 g/mol. The molecule has 0 fully saturated rings. The van der Waals surface area contributed by atoms with E-state index in [2.05, 4.69) is 9.71 Å². The molecule has 0 spiro atoms. The van der Waals surface area contributed by atoms with Crippen molar-refractivity contribution in [3.8, 4) is 0 Å². The van der Waals surface area contributed by atoms with Crippen molar-refractivity contribution < 1.29 is 12.8 Å². The third-order valence-corrected chi connectivity index (χ3v) is 4.06. The minimum atomic E-state index is -3.87. The number of anilines is 1. The quantitative estimate of drug-likeness (QED) is 0.940. The number of nitrogens with one attached hydrogen (secondary N) is 1. The summed E-state index contributed by atoms with van der Waals surface area (Å²) >= 11 is 5.81. The first kappa shape index (κ1) is 12.8. The summed E-state index contributed by atoms with van der Waals surface area (Å²) < 4.78 is 40.2. The van der Waals surface area contributed by atoms with Gasteiger partial charge in [0.1, 0.15) is 11.0 Å².